The summed E-state index contributed by atoms with van der Waals surface area (Å²) in [7, 11) is 2.08. The van der Waals surface area contributed by atoms with E-state index >= 15 is 0 Å². The Bertz CT molecular complexity index is 431. The van der Waals surface area contributed by atoms with Gasteiger partial charge in [0.1, 0.15) is 11.5 Å². The summed E-state index contributed by atoms with van der Waals surface area (Å²) >= 11 is 0. The van der Waals surface area contributed by atoms with Crippen LogP contribution in [-0.2, 0) is 4.79 Å². The number of likely N-dealkylation sites (N-methyl/N-ethyl adjacent to an activating group) is 1. The third-order valence-corrected chi connectivity index (χ3v) is 2.93. The SMILES string of the molecule is Cc1ccc(/C=C/C(=O)NN2CCN(C)CC2)o1. The molecule has 0 aromatic carbocycles. The van der Waals surface area contributed by atoms with Gasteiger partial charge in [-0.2, -0.15) is 0 Å². The minimum atomic E-state index is -0.117. The first-order chi connectivity index (χ1) is 8.63. The molecule has 0 unspecified atom stereocenters. The molecule has 5 heteroatoms. The topological polar surface area (TPSA) is 48.7 Å². The van der Waals surface area contributed by atoms with Crippen molar-refractivity contribution in [1.29, 1.82) is 0 Å². The van der Waals surface area contributed by atoms with Crippen LogP contribution in [0.2, 0.25) is 0 Å². The van der Waals surface area contributed by atoms with E-state index in [0.717, 1.165) is 31.9 Å². The Morgan fingerprint density at radius 1 is 1.33 bits per heavy atom. The molecule has 18 heavy (non-hydrogen) atoms. The Labute approximate surface area is 107 Å². The number of hydrogen-bond donors (Lipinski definition) is 1. The predicted octanol–water partition coefficient (Wildman–Crippen LogP) is 0.880. The van der Waals surface area contributed by atoms with Crippen LogP contribution in [0, 0.1) is 6.92 Å². The first kappa shape index (κ1) is 12.9. The molecular formula is C13H19N3O2. The molecule has 1 aromatic rings. The zero-order valence-corrected chi connectivity index (χ0v) is 10.8. The predicted molar refractivity (Wildman–Crippen MR) is 69.7 cm³/mol. The van der Waals surface area contributed by atoms with Crippen molar-refractivity contribution >= 4 is 12.0 Å². The summed E-state index contributed by atoms with van der Waals surface area (Å²) in [5.74, 6) is 1.42. The maximum absolute atomic E-state index is 11.7. The fraction of sp³-hybridized carbons (Fsp3) is 0.462. The normalized spacial score (nSPS) is 18.3. The maximum Gasteiger partial charge on any atom is 0.258 e. The molecule has 1 N–H and O–H groups in total. The van der Waals surface area contributed by atoms with Crippen LogP contribution in [-0.4, -0.2) is 49.0 Å². The number of furan rings is 1. The second-order valence-electron chi connectivity index (χ2n) is 4.55. The quantitative estimate of drug-likeness (QED) is 0.808. The molecule has 0 bridgehead atoms. The lowest BCUT2D eigenvalue weighted by atomic mass is 10.3. The molecular weight excluding hydrogens is 230 g/mol. The number of hydrazine groups is 1. The van der Waals surface area contributed by atoms with Crippen LogP contribution in [0.15, 0.2) is 22.6 Å². The molecule has 0 aliphatic carbocycles. The largest absolute Gasteiger partial charge is 0.462 e. The number of rotatable bonds is 3. The van der Waals surface area contributed by atoms with E-state index in [1.165, 1.54) is 6.08 Å². The second-order valence-corrected chi connectivity index (χ2v) is 4.55. The minimum Gasteiger partial charge on any atom is -0.462 e. The van der Waals surface area contributed by atoms with Gasteiger partial charge in [0, 0.05) is 32.3 Å². The van der Waals surface area contributed by atoms with E-state index in [9.17, 15) is 4.79 Å². The summed E-state index contributed by atoms with van der Waals surface area (Å²) in [6.07, 6.45) is 3.18. The molecule has 1 saturated heterocycles. The van der Waals surface area contributed by atoms with Crippen LogP contribution in [0.25, 0.3) is 6.08 Å². The molecule has 2 rings (SSSR count). The highest BCUT2D eigenvalue weighted by Gasteiger charge is 2.14. The zero-order chi connectivity index (χ0) is 13.0. The summed E-state index contributed by atoms with van der Waals surface area (Å²) in [5.41, 5.74) is 2.86. The van der Waals surface area contributed by atoms with Gasteiger partial charge in [-0.15, -0.1) is 0 Å². The van der Waals surface area contributed by atoms with Crippen molar-refractivity contribution in [3.63, 3.8) is 0 Å². The fourth-order valence-electron chi connectivity index (χ4n) is 1.81. The molecule has 0 spiro atoms. The summed E-state index contributed by atoms with van der Waals surface area (Å²) in [4.78, 5) is 13.9. The summed E-state index contributed by atoms with van der Waals surface area (Å²) in [5, 5.41) is 1.94. The molecule has 0 saturated carbocycles. The van der Waals surface area contributed by atoms with Gasteiger partial charge in [0.15, 0.2) is 0 Å². The molecule has 1 amide bonds. The van der Waals surface area contributed by atoms with Crippen LogP contribution in [0.1, 0.15) is 11.5 Å². The molecule has 98 valence electrons. The van der Waals surface area contributed by atoms with E-state index in [1.807, 2.05) is 24.1 Å². The first-order valence-electron chi connectivity index (χ1n) is 6.12. The summed E-state index contributed by atoms with van der Waals surface area (Å²) in [6, 6.07) is 3.72. The highest BCUT2D eigenvalue weighted by molar-refractivity contribution is 5.90. The van der Waals surface area contributed by atoms with Crippen LogP contribution in [0.4, 0.5) is 0 Å². The lowest BCUT2D eigenvalue weighted by molar-refractivity contribution is -0.121. The van der Waals surface area contributed by atoms with E-state index in [0.29, 0.717) is 5.76 Å². The number of aryl methyl sites for hydroxylation is 1. The van der Waals surface area contributed by atoms with Crippen molar-refractivity contribution < 1.29 is 9.21 Å². The number of hydrogen-bond acceptors (Lipinski definition) is 4. The maximum atomic E-state index is 11.7. The molecule has 1 aliphatic heterocycles. The van der Waals surface area contributed by atoms with Gasteiger partial charge in [0.2, 0.25) is 0 Å². The van der Waals surface area contributed by atoms with E-state index < -0.39 is 0 Å². The van der Waals surface area contributed by atoms with Crippen LogP contribution in [0.5, 0.6) is 0 Å². The van der Waals surface area contributed by atoms with Gasteiger partial charge in [-0.25, -0.2) is 5.01 Å². The minimum absolute atomic E-state index is 0.117. The lowest BCUT2D eigenvalue weighted by Gasteiger charge is -2.31. The number of amides is 1. The van der Waals surface area contributed by atoms with Gasteiger partial charge in [0.25, 0.3) is 5.91 Å². The Kier molecular flexibility index (Phi) is 4.17. The molecule has 0 atom stereocenters. The average Bonchev–Trinajstić information content (AvgIpc) is 2.76. The Hall–Kier alpha value is -1.59. The zero-order valence-electron chi connectivity index (χ0n) is 10.8. The van der Waals surface area contributed by atoms with Crippen LogP contribution >= 0.6 is 0 Å². The Balaban J connectivity index is 1.80. The molecule has 2 heterocycles. The standard InChI is InChI=1S/C13H19N3O2/c1-11-3-4-12(18-11)5-6-13(17)14-16-9-7-15(2)8-10-16/h3-6H,7-10H2,1-2H3,(H,14,17)/b6-5+. The van der Waals surface area contributed by atoms with Gasteiger partial charge >= 0.3 is 0 Å². The van der Waals surface area contributed by atoms with Gasteiger partial charge in [0.05, 0.1) is 0 Å². The molecule has 1 aromatic heterocycles. The number of carbonyl (C=O) groups is 1. The van der Waals surface area contributed by atoms with E-state index in [4.69, 9.17) is 4.42 Å². The number of carbonyl (C=O) groups excluding carboxylic acids is 1. The van der Waals surface area contributed by atoms with Crippen LogP contribution < -0.4 is 5.43 Å². The van der Waals surface area contributed by atoms with Crippen molar-refractivity contribution in [3.8, 4) is 0 Å². The second kappa shape index (κ2) is 5.84. The average molecular weight is 249 g/mol. The van der Waals surface area contributed by atoms with Crippen molar-refractivity contribution in [1.82, 2.24) is 15.3 Å². The number of nitrogens with one attached hydrogen (secondary N) is 1. The highest BCUT2D eigenvalue weighted by atomic mass is 16.3. The van der Waals surface area contributed by atoms with Crippen LogP contribution in [0.3, 0.4) is 0 Å². The monoisotopic (exact) mass is 249 g/mol. The molecule has 0 radical (unpaired) electrons. The number of nitrogens with zero attached hydrogens (tertiary/aromatic N) is 2. The third kappa shape index (κ3) is 3.72. The van der Waals surface area contributed by atoms with Crippen molar-refractivity contribution in [2.45, 2.75) is 6.92 Å². The van der Waals surface area contributed by atoms with Crippen molar-refractivity contribution in [3.05, 3.63) is 29.7 Å². The summed E-state index contributed by atoms with van der Waals surface area (Å²) in [6.45, 7) is 5.54. The Morgan fingerprint density at radius 2 is 2.06 bits per heavy atom. The highest BCUT2D eigenvalue weighted by Crippen LogP contribution is 2.07. The van der Waals surface area contributed by atoms with E-state index in [-0.39, 0.29) is 5.91 Å². The summed E-state index contributed by atoms with van der Waals surface area (Å²) < 4.78 is 5.35. The van der Waals surface area contributed by atoms with E-state index in [2.05, 4.69) is 17.4 Å². The number of piperazine rings is 1. The smallest absolute Gasteiger partial charge is 0.258 e. The van der Waals surface area contributed by atoms with Crippen molar-refractivity contribution in [2.75, 3.05) is 33.2 Å². The first-order valence-corrected chi connectivity index (χ1v) is 6.12. The van der Waals surface area contributed by atoms with Gasteiger partial charge in [-0.1, -0.05) is 0 Å². The van der Waals surface area contributed by atoms with Gasteiger partial charge < -0.3 is 9.32 Å². The third-order valence-electron chi connectivity index (χ3n) is 2.93. The van der Waals surface area contributed by atoms with Gasteiger partial charge in [-0.05, 0) is 32.2 Å². The fourth-order valence-corrected chi connectivity index (χ4v) is 1.81. The molecule has 1 aliphatic rings. The van der Waals surface area contributed by atoms with E-state index in [1.54, 1.807) is 6.08 Å². The molecule has 5 nitrogen and oxygen atoms in total. The van der Waals surface area contributed by atoms with Gasteiger partial charge in [-0.3, -0.25) is 10.2 Å². The van der Waals surface area contributed by atoms with Crippen molar-refractivity contribution in [2.24, 2.45) is 0 Å². The molecule has 1 fully saturated rings. The lowest BCUT2D eigenvalue weighted by Crippen LogP contribution is -2.52. The Morgan fingerprint density at radius 3 is 2.67 bits per heavy atom.